The summed E-state index contributed by atoms with van der Waals surface area (Å²) in [4.78, 5) is 0. The van der Waals surface area contributed by atoms with Gasteiger partial charge in [-0.2, -0.15) is 26.3 Å². The Balaban J connectivity index is 1.93. The van der Waals surface area contributed by atoms with Gasteiger partial charge in [-0.25, -0.2) is 0 Å². The molecule has 10 heteroatoms. The van der Waals surface area contributed by atoms with Crippen molar-refractivity contribution in [1.29, 1.82) is 0 Å². The monoisotopic (exact) mass is 622 g/mol. The molecule has 3 aliphatic rings. The molecule has 3 saturated carbocycles. The maximum absolute atomic E-state index is 13.4. The van der Waals surface area contributed by atoms with Gasteiger partial charge in [0.05, 0.1) is 17.8 Å². The van der Waals surface area contributed by atoms with Crippen LogP contribution in [-0.4, -0.2) is 56.2 Å². The first-order valence-corrected chi connectivity index (χ1v) is 15.2. The molecule has 3 aliphatic carbocycles. The minimum atomic E-state index is -5.92. The van der Waals surface area contributed by atoms with Crippen molar-refractivity contribution in [2.24, 2.45) is 22.7 Å². The maximum atomic E-state index is 13.4. The van der Waals surface area contributed by atoms with E-state index >= 15 is 0 Å². The second kappa shape index (κ2) is 12.6. The van der Waals surface area contributed by atoms with Gasteiger partial charge in [-0.1, -0.05) is 50.6 Å². The van der Waals surface area contributed by atoms with Crippen molar-refractivity contribution in [3.63, 3.8) is 0 Å². The molecule has 0 aromatic heterocycles. The first kappa shape index (κ1) is 35.9. The normalized spacial score (nSPS) is 32.9. The zero-order chi connectivity index (χ0) is 32.6. The molecular weight excluding hydrogens is 574 g/mol. The van der Waals surface area contributed by atoms with E-state index in [4.69, 9.17) is 0 Å². The van der Waals surface area contributed by atoms with Crippen LogP contribution in [0.1, 0.15) is 98.3 Å². The molecule has 43 heavy (non-hydrogen) atoms. The van der Waals surface area contributed by atoms with Gasteiger partial charge in [0.25, 0.3) is 5.60 Å². The number of alkyl halides is 6. The second-order valence-corrected chi connectivity index (χ2v) is 14.3. The van der Waals surface area contributed by atoms with Gasteiger partial charge in [0.15, 0.2) is 0 Å². The molecule has 6 atom stereocenters. The van der Waals surface area contributed by atoms with E-state index in [-0.39, 0.29) is 36.2 Å². The highest BCUT2D eigenvalue weighted by molar-refractivity contribution is 5.38. The van der Waals surface area contributed by atoms with Crippen molar-refractivity contribution in [3.05, 3.63) is 47.6 Å². The van der Waals surface area contributed by atoms with Crippen LogP contribution < -0.4 is 0 Å². The summed E-state index contributed by atoms with van der Waals surface area (Å²) in [6.07, 6.45) is -2.44. The molecule has 0 bridgehead atoms. The van der Waals surface area contributed by atoms with Crippen LogP contribution in [0.5, 0.6) is 0 Å². The lowest BCUT2D eigenvalue weighted by Gasteiger charge is -2.49. The fourth-order valence-electron chi connectivity index (χ4n) is 8.04. The third kappa shape index (κ3) is 7.79. The molecular formula is C33H48F6O4. The van der Waals surface area contributed by atoms with Crippen LogP contribution in [0.15, 0.2) is 47.6 Å². The molecule has 0 aromatic carbocycles. The van der Waals surface area contributed by atoms with Gasteiger partial charge in [0.1, 0.15) is 0 Å². The Hall–Kier alpha value is -1.62. The van der Waals surface area contributed by atoms with Crippen LogP contribution in [0.3, 0.4) is 0 Å². The van der Waals surface area contributed by atoms with E-state index in [1.165, 1.54) is 5.57 Å². The van der Waals surface area contributed by atoms with Gasteiger partial charge in [0, 0.05) is 6.42 Å². The predicted molar refractivity (Wildman–Crippen MR) is 154 cm³/mol. The Morgan fingerprint density at radius 3 is 2.16 bits per heavy atom. The van der Waals surface area contributed by atoms with E-state index < -0.39 is 41.2 Å². The lowest BCUT2D eigenvalue weighted by atomic mass is 9.55. The summed E-state index contributed by atoms with van der Waals surface area (Å²) >= 11 is 0. The number of aliphatic hydroxyl groups excluding tert-OH is 2. The number of aliphatic hydroxyl groups is 4. The molecule has 0 radical (unpaired) electrons. The molecule has 4 N–H and O–H groups in total. The first-order valence-electron chi connectivity index (χ1n) is 15.2. The van der Waals surface area contributed by atoms with Gasteiger partial charge in [-0.15, -0.1) is 0 Å². The summed E-state index contributed by atoms with van der Waals surface area (Å²) in [6.45, 7) is 11.4. The zero-order valence-corrected chi connectivity index (χ0v) is 25.7. The molecule has 0 spiro atoms. The van der Waals surface area contributed by atoms with Crippen molar-refractivity contribution in [3.8, 4) is 0 Å². The Morgan fingerprint density at radius 2 is 1.58 bits per heavy atom. The van der Waals surface area contributed by atoms with Crippen LogP contribution in [-0.2, 0) is 0 Å². The van der Waals surface area contributed by atoms with E-state index in [1.54, 1.807) is 13.8 Å². The average Bonchev–Trinajstić information content (AvgIpc) is 3.21. The van der Waals surface area contributed by atoms with Gasteiger partial charge in [0.2, 0.25) is 0 Å². The fourth-order valence-corrected chi connectivity index (χ4v) is 8.04. The number of halogens is 6. The minimum Gasteiger partial charge on any atom is -0.393 e. The number of hydrogen-bond donors (Lipinski definition) is 4. The summed E-state index contributed by atoms with van der Waals surface area (Å²) < 4.78 is 80.2. The summed E-state index contributed by atoms with van der Waals surface area (Å²) in [5.74, 6) is 0.139. The molecule has 246 valence electrons. The van der Waals surface area contributed by atoms with E-state index in [0.717, 1.165) is 43.8 Å². The van der Waals surface area contributed by atoms with E-state index in [2.05, 4.69) is 13.5 Å². The quantitative estimate of drug-likeness (QED) is 0.156. The largest absolute Gasteiger partial charge is 0.429 e. The van der Waals surface area contributed by atoms with Crippen molar-refractivity contribution < 1.29 is 46.8 Å². The first-order chi connectivity index (χ1) is 19.5. The van der Waals surface area contributed by atoms with Crippen molar-refractivity contribution in [2.75, 3.05) is 0 Å². The number of allylic oxidation sites excluding steroid dienone is 4. The van der Waals surface area contributed by atoms with Gasteiger partial charge in [-0.05, 0) is 112 Å². The Labute approximate surface area is 251 Å². The molecule has 0 aliphatic heterocycles. The van der Waals surface area contributed by atoms with E-state index in [9.17, 15) is 46.8 Å². The highest BCUT2D eigenvalue weighted by Gasteiger charge is 2.69. The second-order valence-electron chi connectivity index (χ2n) is 14.3. The standard InChI is InChI=1S/C33H48F6O4/c1-21-23(19-24(40)20-26(21)41)11-10-22-9-6-17-30(5)25(22)12-13-27(30)29(4,15-7-14-28(2,3)42)16-8-18-31(43,32(34,35)36)33(37,38)39/h8,10-11,18,24-27,40-43H,1,6-7,9,12-17,19-20H2,2-5H3/b18-8-,22-10+,23-11-/t24?,25?,26-,27+,29-,30-/m0/s1. The molecule has 2 unspecified atom stereocenters. The zero-order valence-electron chi connectivity index (χ0n) is 25.7. The van der Waals surface area contributed by atoms with Crippen LogP contribution in [0.25, 0.3) is 0 Å². The van der Waals surface area contributed by atoms with E-state index in [0.29, 0.717) is 31.3 Å². The van der Waals surface area contributed by atoms with Gasteiger partial charge < -0.3 is 20.4 Å². The SMILES string of the molecule is C=C1/C(=C\C=C2/CCC[C@@]3(C)C2CC[C@@H]3[C@](C)(C/C=C\C(O)(C(F)(F)F)C(F)(F)F)CCCC(C)(C)O)CC(O)C[C@@H]1O. The average molecular weight is 623 g/mol. The molecule has 4 nitrogen and oxygen atoms in total. The maximum Gasteiger partial charge on any atom is 0.429 e. The fraction of sp³-hybridized carbons (Fsp3) is 0.758. The summed E-state index contributed by atoms with van der Waals surface area (Å²) in [7, 11) is 0. The van der Waals surface area contributed by atoms with Crippen LogP contribution >= 0.6 is 0 Å². The Morgan fingerprint density at radius 1 is 0.953 bits per heavy atom. The molecule has 0 saturated heterocycles. The molecule has 0 amide bonds. The van der Waals surface area contributed by atoms with E-state index in [1.807, 2.05) is 19.1 Å². The number of hydrogen-bond acceptors (Lipinski definition) is 4. The highest BCUT2D eigenvalue weighted by atomic mass is 19.4. The minimum absolute atomic E-state index is 0.0223. The van der Waals surface area contributed by atoms with Gasteiger partial charge in [-0.3, -0.25) is 0 Å². The van der Waals surface area contributed by atoms with Crippen LogP contribution in [0.2, 0.25) is 0 Å². The Kier molecular flexibility index (Phi) is 10.5. The number of rotatable bonds is 9. The van der Waals surface area contributed by atoms with Gasteiger partial charge >= 0.3 is 12.4 Å². The third-order valence-electron chi connectivity index (χ3n) is 10.4. The predicted octanol–water partition coefficient (Wildman–Crippen LogP) is 7.88. The van der Waals surface area contributed by atoms with Crippen LogP contribution in [0, 0.1) is 22.7 Å². The Bertz CT molecular complexity index is 1080. The topological polar surface area (TPSA) is 80.9 Å². The summed E-state index contributed by atoms with van der Waals surface area (Å²) in [5.41, 5.74) is -4.25. The smallest absolute Gasteiger partial charge is 0.393 e. The highest BCUT2D eigenvalue weighted by Crippen LogP contribution is 2.64. The third-order valence-corrected chi connectivity index (χ3v) is 10.4. The lowest BCUT2D eigenvalue weighted by Crippen LogP contribution is -2.55. The molecule has 3 rings (SSSR count). The lowest BCUT2D eigenvalue weighted by molar-refractivity contribution is -0.347. The van der Waals surface area contributed by atoms with Crippen molar-refractivity contribution in [2.45, 2.75) is 134 Å². The van der Waals surface area contributed by atoms with Crippen molar-refractivity contribution >= 4 is 0 Å². The molecule has 0 heterocycles. The van der Waals surface area contributed by atoms with Crippen LogP contribution in [0.4, 0.5) is 26.3 Å². The summed E-state index contributed by atoms with van der Waals surface area (Å²) in [6, 6.07) is 0. The molecule has 0 aromatic rings. The van der Waals surface area contributed by atoms with Crippen molar-refractivity contribution in [1.82, 2.24) is 0 Å². The molecule has 3 fully saturated rings. The summed E-state index contributed by atoms with van der Waals surface area (Å²) in [5, 5.41) is 40.3. The number of fused-ring (bicyclic) bond motifs is 1.